The Morgan fingerprint density at radius 1 is 1.03 bits per heavy atom. The van der Waals surface area contributed by atoms with Gasteiger partial charge in [-0.15, -0.1) is 0 Å². The summed E-state index contributed by atoms with van der Waals surface area (Å²) in [6, 6.07) is 8.01. The van der Waals surface area contributed by atoms with E-state index in [1.165, 1.54) is 4.90 Å². The van der Waals surface area contributed by atoms with Crippen molar-refractivity contribution in [2.45, 2.75) is 66.1 Å². The van der Waals surface area contributed by atoms with Crippen molar-refractivity contribution < 1.29 is 14.3 Å². The number of aryl methyl sites for hydroxylation is 2. The third-order valence-electron chi connectivity index (χ3n) is 5.55. The molecule has 0 aromatic heterocycles. The average molecular weight is 514 g/mol. The van der Waals surface area contributed by atoms with Gasteiger partial charge in [0.05, 0.1) is 0 Å². The Bertz CT molecular complexity index is 954. The van der Waals surface area contributed by atoms with E-state index in [4.69, 9.17) is 39.5 Å². The van der Waals surface area contributed by atoms with Crippen LogP contribution in [0.25, 0.3) is 0 Å². The number of nitrogens with one attached hydrogen (secondary N) is 1. The normalized spacial score (nSPS) is 12.7. The first-order valence-electron chi connectivity index (χ1n) is 11.0. The summed E-state index contributed by atoms with van der Waals surface area (Å²) in [5, 5.41) is 4.50. The van der Waals surface area contributed by atoms with Gasteiger partial charge in [0, 0.05) is 33.2 Å². The second-order valence-electron chi connectivity index (χ2n) is 8.12. The summed E-state index contributed by atoms with van der Waals surface area (Å²) in [6.45, 7) is 9.38. The lowest BCUT2D eigenvalue weighted by atomic mass is 10.1. The van der Waals surface area contributed by atoms with Gasteiger partial charge in [-0.3, -0.25) is 9.59 Å². The fourth-order valence-corrected chi connectivity index (χ4v) is 4.06. The molecule has 0 aliphatic heterocycles. The molecule has 2 rings (SSSR count). The molecule has 0 unspecified atom stereocenters. The van der Waals surface area contributed by atoms with E-state index >= 15 is 0 Å². The van der Waals surface area contributed by atoms with E-state index < -0.39 is 6.04 Å². The van der Waals surface area contributed by atoms with Crippen molar-refractivity contribution >= 4 is 46.6 Å². The number of ether oxygens (including phenoxy) is 1. The monoisotopic (exact) mass is 512 g/mol. The van der Waals surface area contributed by atoms with Gasteiger partial charge in [0.25, 0.3) is 5.91 Å². The van der Waals surface area contributed by atoms with Crippen molar-refractivity contribution in [2.24, 2.45) is 0 Å². The zero-order chi connectivity index (χ0) is 24.7. The Balaban J connectivity index is 2.32. The third-order valence-corrected chi connectivity index (χ3v) is 6.85. The molecule has 0 radical (unpaired) electrons. The molecule has 2 atom stereocenters. The molecule has 180 valence electrons. The summed E-state index contributed by atoms with van der Waals surface area (Å²) in [6.07, 6.45) is 1.21. The Labute approximate surface area is 211 Å². The van der Waals surface area contributed by atoms with Crippen molar-refractivity contribution in [1.82, 2.24) is 10.2 Å². The number of hydrogen-bond donors (Lipinski definition) is 1. The molecule has 0 fully saturated rings. The summed E-state index contributed by atoms with van der Waals surface area (Å²) >= 11 is 19.0. The summed E-state index contributed by atoms with van der Waals surface area (Å²) in [5.41, 5.74) is 2.30. The zero-order valence-electron chi connectivity index (χ0n) is 19.7. The van der Waals surface area contributed by atoms with Gasteiger partial charge in [-0.05, 0) is 69.0 Å². The standard InChI is InChI=1S/C25H31Cl3N2O3/c1-6-17(5)29-25(32)22(7-2)30(13-19-20(26)9-8-10-21(19)27)23(31)14-33-18-11-15(3)24(28)16(4)12-18/h8-12,17,22H,6-7,13-14H2,1-5H3,(H,29,32)/t17-,22-/m0/s1. The lowest BCUT2D eigenvalue weighted by Crippen LogP contribution is -2.51. The van der Waals surface area contributed by atoms with Crippen molar-refractivity contribution in [3.05, 3.63) is 62.1 Å². The van der Waals surface area contributed by atoms with Crippen LogP contribution in [0.5, 0.6) is 5.75 Å². The maximum atomic E-state index is 13.3. The summed E-state index contributed by atoms with van der Waals surface area (Å²) in [4.78, 5) is 27.9. The van der Waals surface area contributed by atoms with Gasteiger partial charge in [0.2, 0.25) is 5.91 Å². The molecule has 0 spiro atoms. The van der Waals surface area contributed by atoms with Crippen molar-refractivity contribution in [3.8, 4) is 5.75 Å². The molecule has 2 amide bonds. The predicted octanol–water partition coefficient (Wildman–Crippen LogP) is 6.36. The fraction of sp³-hybridized carbons (Fsp3) is 0.440. The molecular formula is C25H31Cl3N2O3. The van der Waals surface area contributed by atoms with Gasteiger partial charge in [-0.1, -0.05) is 54.7 Å². The van der Waals surface area contributed by atoms with E-state index in [0.717, 1.165) is 17.5 Å². The topological polar surface area (TPSA) is 58.6 Å². The first-order chi connectivity index (χ1) is 15.6. The number of amides is 2. The molecule has 8 heteroatoms. The van der Waals surface area contributed by atoms with Crippen LogP contribution < -0.4 is 10.1 Å². The average Bonchev–Trinajstić information content (AvgIpc) is 2.77. The Morgan fingerprint density at radius 3 is 2.12 bits per heavy atom. The smallest absolute Gasteiger partial charge is 0.261 e. The van der Waals surface area contributed by atoms with E-state index in [-0.39, 0.29) is 31.0 Å². The second kappa shape index (κ2) is 12.5. The summed E-state index contributed by atoms with van der Waals surface area (Å²) in [5.74, 6) is -0.0282. The van der Waals surface area contributed by atoms with E-state index in [1.807, 2.05) is 34.6 Å². The second-order valence-corrected chi connectivity index (χ2v) is 9.32. The zero-order valence-corrected chi connectivity index (χ0v) is 21.9. The van der Waals surface area contributed by atoms with Gasteiger partial charge in [0.15, 0.2) is 6.61 Å². The van der Waals surface area contributed by atoms with E-state index in [0.29, 0.717) is 32.8 Å². The van der Waals surface area contributed by atoms with Crippen LogP contribution in [0.15, 0.2) is 30.3 Å². The molecule has 2 aromatic rings. The van der Waals surface area contributed by atoms with E-state index in [1.54, 1.807) is 30.3 Å². The highest BCUT2D eigenvalue weighted by Gasteiger charge is 2.30. The molecule has 0 aliphatic rings. The molecule has 0 bridgehead atoms. The van der Waals surface area contributed by atoms with Crippen molar-refractivity contribution in [3.63, 3.8) is 0 Å². The third kappa shape index (κ3) is 7.26. The summed E-state index contributed by atoms with van der Waals surface area (Å²) < 4.78 is 5.79. The molecule has 0 saturated heterocycles. The van der Waals surface area contributed by atoms with Gasteiger partial charge in [0.1, 0.15) is 11.8 Å². The van der Waals surface area contributed by atoms with E-state index in [9.17, 15) is 9.59 Å². The lowest BCUT2D eigenvalue weighted by Gasteiger charge is -2.32. The quantitative estimate of drug-likeness (QED) is 0.402. The van der Waals surface area contributed by atoms with Gasteiger partial charge in [-0.25, -0.2) is 0 Å². The van der Waals surface area contributed by atoms with Crippen LogP contribution in [-0.2, 0) is 16.1 Å². The molecule has 5 nitrogen and oxygen atoms in total. The number of benzene rings is 2. The van der Waals surface area contributed by atoms with Gasteiger partial charge < -0.3 is 15.0 Å². The predicted molar refractivity (Wildman–Crippen MR) is 135 cm³/mol. The number of halogens is 3. The first-order valence-corrected chi connectivity index (χ1v) is 12.1. The van der Waals surface area contributed by atoms with Crippen LogP contribution in [0.2, 0.25) is 15.1 Å². The highest BCUT2D eigenvalue weighted by molar-refractivity contribution is 6.36. The Morgan fingerprint density at radius 2 is 1.61 bits per heavy atom. The SMILES string of the molecule is CC[C@H](C)NC(=O)[C@H](CC)N(Cc1c(Cl)cccc1Cl)C(=O)COc1cc(C)c(Cl)c(C)c1. The molecule has 2 aromatic carbocycles. The highest BCUT2D eigenvalue weighted by Crippen LogP contribution is 2.28. The minimum absolute atomic E-state index is 0.0105. The highest BCUT2D eigenvalue weighted by atomic mass is 35.5. The number of hydrogen-bond acceptors (Lipinski definition) is 3. The van der Waals surface area contributed by atoms with E-state index in [2.05, 4.69) is 5.32 Å². The minimum atomic E-state index is -0.698. The van der Waals surface area contributed by atoms with Gasteiger partial charge >= 0.3 is 0 Å². The number of rotatable bonds is 10. The Hall–Kier alpha value is -1.95. The lowest BCUT2D eigenvalue weighted by molar-refractivity contribution is -0.143. The molecule has 1 N–H and O–H groups in total. The molecule has 33 heavy (non-hydrogen) atoms. The number of carbonyl (C=O) groups is 2. The first kappa shape index (κ1) is 27.3. The van der Waals surface area contributed by atoms with Crippen LogP contribution in [0.3, 0.4) is 0 Å². The number of carbonyl (C=O) groups excluding carboxylic acids is 2. The van der Waals surface area contributed by atoms with Crippen LogP contribution in [0, 0.1) is 13.8 Å². The van der Waals surface area contributed by atoms with Crippen LogP contribution in [-0.4, -0.2) is 35.4 Å². The fourth-order valence-electron chi connectivity index (χ4n) is 3.43. The molecule has 0 saturated carbocycles. The van der Waals surface area contributed by atoms with Crippen molar-refractivity contribution in [2.75, 3.05) is 6.61 Å². The van der Waals surface area contributed by atoms with Crippen molar-refractivity contribution in [1.29, 1.82) is 0 Å². The molecule has 0 heterocycles. The maximum Gasteiger partial charge on any atom is 0.261 e. The summed E-state index contributed by atoms with van der Waals surface area (Å²) in [7, 11) is 0. The maximum absolute atomic E-state index is 13.3. The van der Waals surface area contributed by atoms with Crippen LogP contribution in [0.4, 0.5) is 0 Å². The largest absolute Gasteiger partial charge is 0.484 e. The Kier molecular flexibility index (Phi) is 10.3. The van der Waals surface area contributed by atoms with Crippen LogP contribution >= 0.6 is 34.8 Å². The van der Waals surface area contributed by atoms with Crippen LogP contribution in [0.1, 0.15) is 50.3 Å². The number of nitrogens with zero attached hydrogens (tertiary/aromatic N) is 1. The molecule has 0 aliphatic carbocycles. The minimum Gasteiger partial charge on any atom is -0.484 e. The molecular weight excluding hydrogens is 483 g/mol. The van der Waals surface area contributed by atoms with Gasteiger partial charge in [-0.2, -0.15) is 0 Å².